The Labute approximate surface area is 182 Å². The molecule has 10 heteroatoms. The van der Waals surface area contributed by atoms with Crippen LogP contribution in [-0.2, 0) is 26.0 Å². The van der Waals surface area contributed by atoms with Crippen LogP contribution in [0.5, 0.6) is 0 Å². The molecule has 31 heavy (non-hydrogen) atoms. The summed E-state index contributed by atoms with van der Waals surface area (Å²) in [6.45, 7) is 2.06. The number of rotatable bonds is 5. The predicted molar refractivity (Wildman–Crippen MR) is 113 cm³/mol. The number of fused-ring (bicyclic) bond motifs is 1. The SMILES string of the molecule is NS(=O)(=O)c1ccc(CCC(=O)N2CCC([C@@H]3NC(=O)N[C@H]4OCCC[C@H]43)CC2)cc1. The number of likely N-dealkylation sites (tertiary alicyclic amines) is 1. The number of ether oxygens (including phenoxy) is 1. The maximum absolute atomic E-state index is 12.7. The molecule has 0 aliphatic carbocycles. The quantitative estimate of drug-likeness (QED) is 0.614. The summed E-state index contributed by atoms with van der Waals surface area (Å²) >= 11 is 0. The Morgan fingerprint density at radius 2 is 1.84 bits per heavy atom. The lowest BCUT2D eigenvalue weighted by Gasteiger charge is -2.46. The Morgan fingerprint density at radius 1 is 1.13 bits per heavy atom. The highest BCUT2D eigenvalue weighted by atomic mass is 32.2. The average Bonchev–Trinajstić information content (AvgIpc) is 2.76. The molecule has 0 saturated carbocycles. The molecule has 4 N–H and O–H groups in total. The van der Waals surface area contributed by atoms with Crippen LogP contribution in [0.3, 0.4) is 0 Å². The van der Waals surface area contributed by atoms with Gasteiger partial charge in [-0.1, -0.05) is 12.1 Å². The smallest absolute Gasteiger partial charge is 0.317 e. The van der Waals surface area contributed by atoms with Gasteiger partial charge in [0.2, 0.25) is 15.9 Å². The van der Waals surface area contributed by atoms with E-state index in [2.05, 4.69) is 10.6 Å². The number of urea groups is 1. The highest BCUT2D eigenvalue weighted by molar-refractivity contribution is 7.89. The fourth-order valence-corrected chi connectivity index (χ4v) is 5.50. The first-order valence-corrected chi connectivity index (χ1v) is 12.4. The van der Waals surface area contributed by atoms with Gasteiger partial charge >= 0.3 is 6.03 Å². The van der Waals surface area contributed by atoms with E-state index in [-0.39, 0.29) is 35.0 Å². The monoisotopic (exact) mass is 450 g/mol. The predicted octanol–water partition coefficient (Wildman–Crippen LogP) is 0.939. The van der Waals surface area contributed by atoms with Crippen LogP contribution in [0.25, 0.3) is 0 Å². The summed E-state index contributed by atoms with van der Waals surface area (Å²) in [5, 5.41) is 11.1. The summed E-state index contributed by atoms with van der Waals surface area (Å²) in [6, 6.07) is 6.25. The van der Waals surface area contributed by atoms with Gasteiger partial charge < -0.3 is 20.3 Å². The van der Waals surface area contributed by atoms with E-state index in [1.165, 1.54) is 12.1 Å². The number of hydrogen-bond donors (Lipinski definition) is 3. The van der Waals surface area contributed by atoms with Crippen LogP contribution < -0.4 is 15.8 Å². The maximum atomic E-state index is 12.7. The molecule has 4 rings (SSSR count). The normalized spacial score (nSPS) is 27.2. The molecule has 1 aromatic carbocycles. The number of carbonyl (C=O) groups is 2. The first-order valence-electron chi connectivity index (χ1n) is 10.9. The molecule has 0 radical (unpaired) electrons. The second-order valence-corrected chi connectivity index (χ2v) is 10.2. The van der Waals surface area contributed by atoms with Gasteiger partial charge in [0, 0.05) is 38.1 Å². The third-order valence-electron chi connectivity index (χ3n) is 6.68. The van der Waals surface area contributed by atoms with E-state index in [4.69, 9.17) is 9.88 Å². The molecular weight excluding hydrogens is 420 g/mol. The van der Waals surface area contributed by atoms with E-state index in [0.29, 0.717) is 38.5 Å². The molecule has 3 atom stereocenters. The Morgan fingerprint density at radius 3 is 2.52 bits per heavy atom. The van der Waals surface area contributed by atoms with Crippen LogP contribution in [0.4, 0.5) is 4.79 Å². The van der Waals surface area contributed by atoms with E-state index < -0.39 is 10.0 Å². The first-order chi connectivity index (χ1) is 14.8. The molecule has 3 aliphatic heterocycles. The van der Waals surface area contributed by atoms with Gasteiger partial charge in [-0.3, -0.25) is 4.79 Å². The van der Waals surface area contributed by atoms with Crippen molar-refractivity contribution < 1.29 is 22.7 Å². The third-order valence-corrected chi connectivity index (χ3v) is 7.61. The lowest BCUT2D eigenvalue weighted by molar-refractivity contribution is -0.133. The summed E-state index contributed by atoms with van der Waals surface area (Å²) in [6.07, 6.45) is 4.49. The number of primary sulfonamides is 1. The van der Waals surface area contributed by atoms with Crippen LogP contribution in [0, 0.1) is 11.8 Å². The number of nitrogens with zero attached hydrogens (tertiary/aromatic N) is 1. The van der Waals surface area contributed by atoms with Crippen molar-refractivity contribution >= 4 is 22.0 Å². The standard InChI is InChI=1S/C21H30N4O5S/c22-31(28,29)16-6-3-14(4-7-16)5-8-18(26)25-11-9-15(10-12-25)19-17-2-1-13-30-20(17)24-21(27)23-19/h3-4,6-7,15,17,19-20H,1-2,5,8-13H2,(H2,22,28,29)(H2,23,24,27)/t17-,19-,20-/m0/s1. The van der Waals surface area contributed by atoms with Gasteiger partial charge in [-0.15, -0.1) is 0 Å². The minimum absolute atomic E-state index is 0.0697. The number of carbonyl (C=O) groups excluding carboxylic acids is 2. The fourth-order valence-electron chi connectivity index (χ4n) is 4.98. The molecular formula is C21H30N4O5S. The van der Waals surface area contributed by atoms with Crippen molar-refractivity contribution in [1.29, 1.82) is 0 Å². The van der Waals surface area contributed by atoms with Crippen molar-refractivity contribution in [3.63, 3.8) is 0 Å². The lowest BCUT2D eigenvalue weighted by atomic mass is 9.77. The summed E-state index contributed by atoms with van der Waals surface area (Å²) in [5.41, 5.74) is 0.899. The lowest BCUT2D eigenvalue weighted by Crippen LogP contribution is -2.65. The van der Waals surface area contributed by atoms with Crippen molar-refractivity contribution in [2.75, 3.05) is 19.7 Å². The van der Waals surface area contributed by atoms with Crippen LogP contribution >= 0.6 is 0 Å². The minimum Gasteiger partial charge on any atom is -0.358 e. The number of piperidine rings is 1. The van der Waals surface area contributed by atoms with Crippen LogP contribution in [0.15, 0.2) is 29.2 Å². The highest BCUT2D eigenvalue weighted by Gasteiger charge is 2.43. The molecule has 0 aromatic heterocycles. The van der Waals surface area contributed by atoms with Gasteiger partial charge in [0.15, 0.2) is 0 Å². The van der Waals surface area contributed by atoms with Crippen LogP contribution in [0.1, 0.15) is 37.7 Å². The van der Waals surface area contributed by atoms with Gasteiger partial charge in [-0.2, -0.15) is 0 Å². The van der Waals surface area contributed by atoms with Crippen molar-refractivity contribution in [1.82, 2.24) is 15.5 Å². The van der Waals surface area contributed by atoms with Gasteiger partial charge in [0.25, 0.3) is 0 Å². The molecule has 3 saturated heterocycles. The molecule has 3 heterocycles. The van der Waals surface area contributed by atoms with E-state index in [1.807, 2.05) is 4.90 Å². The summed E-state index contributed by atoms with van der Waals surface area (Å²) < 4.78 is 28.4. The third kappa shape index (κ3) is 5.19. The van der Waals surface area contributed by atoms with Crippen LogP contribution in [-0.4, -0.2) is 57.2 Å². The van der Waals surface area contributed by atoms with Gasteiger partial charge in [-0.05, 0) is 55.7 Å². The van der Waals surface area contributed by atoms with E-state index >= 15 is 0 Å². The zero-order chi connectivity index (χ0) is 22.0. The van der Waals surface area contributed by atoms with Crippen molar-refractivity contribution in [2.45, 2.75) is 55.7 Å². The Kier molecular flexibility index (Phi) is 6.49. The minimum atomic E-state index is -3.71. The Balaban J connectivity index is 1.27. The second-order valence-electron chi connectivity index (χ2n) is 8.65. The topological polar surface area (TPSA) is 131 Å². The van der Waals surface area contributed by atoms with Gasteiger partial charge in [0.1, 0.15) is 6.23 Å². The summed E-state index contributed by atoms with van der Waals surface area (Å²) in [4.78, 5) is 26.7. The molecule has 0 unspecified atom stereocenters. The zero-order valence-electron chi connectivity index (χ0n) is 17.5. The molecule has 3 aliphatic rings. The molecule has 0 spiro atoms. The number of sulfonamides is 1. The number of amides is 3. The highest BCUT2D eigenvalue weighted by Crippen LogP contribution is 2.33. The largest absolute Gasteiger partial charge is 0.358 e. The van der Waals surface area contributed by atoms with Crippen molar-refractivity contribution in [2.24, 2.45) is 17.0 Å². The molecule has 170 valence electrons. The number of benzene rings is 1. The van der Waals surface area contributed by atoms with Gasteiger partial charge in [0.05, 0.1) is 4.90 Å². The number of hydrogen-bond acceptors (Lipinski definition) is 5. The van der Waals surface area contributed by atoms with Crippen molar-refractivity contribution in [3.8, 4) is 0 Å². The Bertz CT molecular complexity index is 912. The fraction of sp³-hybridized carbons (Fsp3) is 0.619. The molecule has 9 nitrogen and oxygen atoms in total. The first kappa shape index (κ1) is 22.0. The number of nitrogens with two attached hydrogens (primary N) is 1. The van der Waals surface area contributed by atoms with Crippen LogP contribution in [0.2, 0.25) is 0 Å². The zero-order valence-corrected chi connectivity index (χ0v) is 18.3. The van der Waals surface area contributed by atoms with E-state index in [1.54, 1.807) is 12.1 Å². The van der Waals surface area contributed by atoms with E-state index in [9.17, 15) is 18.0 Å². The summed E-state index contributed by atoms with van der Waals surface area (Å²) in [5.74, 6) is 0.719. The second kappa shape index (κ2) is 9.13. The average molecular weight is 451 g/mol. The van der Waals surface area contributed by atoms with E-state index in [0.717, 1.165) is 31.2 Å². The maximum Gasteiger partial charge on any atom is 0.317 e. The molecule has 3 fully saturated rings. The number of nitrogens with one attached hydrogen (secondary N) is 2. The summed E-state index contributed by atoms with van der Waals surface area (Å²) in [7, 11) is -3.71. The molecule has 3 amide bonds. The molecule has 0 bridgehead atoms. The van der Waals surface area contributed by atoms with Crippen molar-refractivity contribution in [3.05, 3.63) is 29.8 Å². The van der Waals surface area contributed by atoms with Gasteiger partial charge in [-0.25, -0.2) is 18.4 Å². The number of aryl methyl sites for hydroxylation is 1. The molecule has 1 aromatic rings. The Hall–Kier alpha value is -2.17.